The van der Waals surface area contributed by atoms with E-state index in [0.29, 0.717) is 30.1 Å². The first-order valence-corrected chi connectivity index (χ1v) is 12.0. The summed E-state index contributed by atoms with van der Waals surface area (Å²) in [6, 6.07) is 16.7. The van der Waals surface area contributed by atoms with Gasteiger partial charge in [-0.3, -0.25) is 9.69 Å². The number of hydrogen-bond donors (Lipinski definition) is 0. The van der Waals surface area contributed by atoms with E-state index in [2.05, 4.69) is 4.90 Å². The topological polar surface area (TPSA) is 41.4 Å². The van der Waals surface area contributed by atoms with Gasteiger partial charge in [-0.25, -0.2) is 13.5 Å². The Labute approximate surface area is 200 Å². The van der Waals surface area contributed by atoms with Gasteiger partial charge in [-0.2, -0.15) is 5.10 Å². The molecule has 0 saturated carbocycles. The molecule has 1 aliphatic heterocycles. The number of thiophene rings is 1. The third kappa shape index (κ3) is 4.51. The molecule has 0 N–H and O–H groups in total. The van der Waals surface area contributed by atoms with Gasteiger partial charge >= 0.3 is 0 Å². The lowest BCUT2D eigenvalue weighted by atomic mass is 10.0. The van der Waals surface area contributed by atoms with E-state index in [0.717, 1.165) is 35.6 Å². The molecule has 5 nitrogen and oxygen atoms in total. The number of fused-ring (bicyclic) bond motifs is 1. The van der Waals surface area contributed by atoms with E-state index in [4.69, 9.17) is 5.10 Å². The highest BCUT2D eigenvalue weighted by Gasteiger charge is 2.27. The third-order valence-electron chi connectivity index (χ3n) is 6.11. The number of amides is 1. The van der Waals surface area contributed by atoms with Gasteiger partial charge in [0.2, 0.25) is 0 Å². The first kappa shape index (κ1) is 22.4. The Morgan fingerprint density at radius 1 is 1.09 bits per heavy atom. The van der Waals surface area contributed by atoms with Crippen LogP contribution in [-0.2, 0) is 26.1 Å². The maximum Gasteiger partial charge on any atom is 0.264 e. The summed E-state index contributed by atoms with van der Waals surface area (Å²) in [6.07, 6.45) is 0.719. The Hall–Kier alpha value is -3.36. The van der Waals surface area contributed by atoms with Crippen molar-refractivity contribution in [2.45, 2.75) is 26.1 Å². The van der Waals surface area contributed by atoms with Crippen molar-refractivity contribution in [3.05, 3.63) is 105 Å². The standard InChI is InChI=1S/C26H24F2N4OS/c1-30(26(33)25-7-4-14-34-25)17-23-21-16-31(15-18-5-2-3-6-22(18)28)13-12-24(21)32(29-23)20-10-8-19(27)9-11-20/h2-11,14H,12-13,15-17H2,1H3. The minimum Gasteiger partial charge on any atom is -0.335 e. The fourth-order valence-electron chi connectivity index (χ4n) is 4.35. The van der Waals surface area contributed by atoms with Crippen molar-refractivity contribution in [1.82, 2.24) is 19.6 Å². The average molecular weight is 479 g/mol. The lowest BCUT2D eigenvalue weighted by Gasteiger charge is -2.28. The number of halogens is 2. The van der Waals surface area contributed by atoms with Gasteiger partial charge in [0.15, 0.2) is 0 Å². The summed E-state index contributed by atoms with van der Waals surface area (Å²) >= 11 is 1.41. The normalized spacial score (nSPS) is 13.6. The molecule has 1 amide bonds. The van der Waals surface area contributed by atoms with Crippen molar-refractivity contribution < 1.29 is 13.6 Å². The molecule has 4 aromatic rings. The van der Waals surface area contributed by atoms with E-state index in [1.807, 2.05) is 28.3 Å². The van der Waals surface area contributed by atoms with Gasteiger partial charge < -0.3 is 4.90 Å². The summed E-state index contributed by atoms with van der Waals surface area (Å²) in [4.78, 5) is 17.4. The van der Waals surface area contributed by atoms with Gasteiger partial charge in [-0.1, -0.05) is 24.3 Å². The van der Waals surface area contributed by atoms with Crippen molar-refractivity contribution in [2.24, 2.45) is 0 Å². The van der Waals surface area contributed by atoms with Crippen molar-refractivity contribution in [1.29, 1.82) is 0 Å². The van der Waals surface area contributed by atoms with Crippen LogP contribution in [0.3, 0.4) is 0 Å². The van der Waals surface area contributed by atoms with Crippen LogP contribution in [0.15, 0.2) is 66.0 Å². The number of benzene rings is 2. The number of aromatic nitrogens is 2. The second-order valence-electron chi connectivity index (χ2n) is 8.45. The predicted octanol–water partition coefficient (Wildman–Crippen LogP) is 5.04. The molecular formula is C26H24F2N4OS. The molecule has 174 valence electrons. The average Bonchev–Trinajstić information content (AvgIpc) is 3.49. The van der Waals surface area contributed by atoms with Crippen molar-refractivity contribution in [2.75, 3.05) is 13.6 Å². The maximum absolute atomic E-state index is 14.3. The molecule has 8 heteroatoms. The molecule has 2 aromatic heterocycles. The zero-order valence-corrected chi connectivity index (χ0v) is 19.6. The molecule has 0 fully saturated rings. The molecule has 0 atom stereocenters. The zero-order chi connectivity index (χ0) is 23.7. The van der Waals surface area contributed by atoms with Crippen molar-refractivity contribution in [3.8, 4) is 5.69 Å². The van der Waals surface area contributed by atoms with Gasteiger partial charge in [0.05, 0.1) is 28.5 Å². The molecule has 0 radical (unpaired) electrons. The SMILES string of the molecule is CN(Cc1nn(-c2ccc(F)cc2)c2c1CN(Cc1ccccc1F)CC2)C(=O)c1cccs1. The summed E-state index contributed by atoms with van der Waals surface area (Å²) in [5.41, 5.74) is 4.31. The first-order valence-electron chi connectivity index (χ1n) is 11.1. The first-order chi connectivity index (χ1) is 16.5. The van der Waals surface area contributed by atoms with Gasteiger partial charge in [-0.05, 0) is 41.8 Å². The van der Waals surface area contributed by atoms with Gasteiger partial charge in [0.25, 0.3) is 5.91 Å². The molecule has 0 bridgehead atoms. The molecule has 5 rings (SSSR count). The molecule has 2 aromatic carbocycles. The highest BCUT2D eigenvalue weighted by molar-refractivity contribution is 7.12. The van der Waals surface area contributed by atoms with Gasteiger partial charge in [0.1, 0.15) is 11.6 Å². The minimum atomic E-state index is -0.303. The third-order valence-corrected chi connectivity index (χ3v) is 6.97. The van der Waals surface area contributed by atoms with E-state index >= 15 is 0 Å². The number of hydrogen-bond acceptors (Lipinski definition) is 4. The highest BCUT2D eigenvalue weighted by atomic mass is 32.1. The summed E-state index contributed by atoms with van der Waals surface area (Å²) in [5, 5.41) is 6.74. The molecular weight excluding hydrogens is 454 g/mol. The number of rotatable bonds is 6. The predicted molar refractivity (Wildman–Crippen MR) is 128 cm³/mol. The van der Waals surface area contributed by atoms with Gasteiger partial charge in [-0.15, -0.1) is 11.3 Å². The van der Waals surface area contributed by atoms with Crippen LogP contribution < -0.4 is 0 Å². The molecule has 34 heavy (non-hydrogen) atoms. The Kier molecular flexibility index (Phi) is 6.26. The van der Waals surface area contributed by atoms with E-state index < -0.39 is 0 Å². The lowest BCUT2D eigenvalue weighted by molar-refractivity contribution is 0.0787. The molecule has 0 saturated heterocycles. The van der Waals surface area contributed by atoms with Gasteiger partial charge in [0, 0.05) is 44.2 Å². The van der Waals surface area contributed by atoms with E-state index in [1.165, 1.54) is 29.5 Å². The summed E-state index contributed by atoms with van der Waals surface area (Å²) in [5.74, 6) is -0.571. The Morgan fingerprint density at radius 2 is 1.88 bits per heavy atom. The van der Waals surface area contributed by atoms with E-state index in [-0.39, 0.29) is 17.5 Å². The van der Waals surface area contributed by atoms with Crippen LogP contribution in [-0.4, -0.2) is 39.1 Å². The van der Waals surface area contributed by atoms with Crippen LogP contribution in [0.4, 0.5) is 8.78 Å². The number of carbonyl (C=O) groups excluding carboxylic acids is 1. The van der Waals surface area contributed by atoms with Crippen LogP contribution in [0.5, 0.6) is 0 Å². The highest BCUT2D eigenvalue weighted by Crippen LogP contribution is 2.28. The van der Waals surface area contributed by atoms with Crippen molar-refractivity contribution in [3.63, 3.8) is 0 Å². The Balaban J connectivity index is 1.46. The molecule has 1 aliphatic rings. The summed E-state index contributed by atoms with van der Waals surface area (Å²) < 4.78 is 29.6. The smallest absolute Gasteiger partial charge is 0.264 e. The number of carbonyl (C=O) groups is 1. The maximum atomic E-state index is 14.3. The van der Waals surface area contributed by atoms with Crippen LogP contribution in [0.2, 0.25) is 0 Å². The van der Waals surface area contributed by atoms with Crippen LogP contribution in [0, 0.1) is 11.6 Å². The quantitative estimate of drug-likeness (QED) is 0.390. The monoisotopic (exact) mass is 478 g/mol. The number of nitrogens with zero attached hydrogens (tertiary/aromatic N) is 4. The molecule has 0 aliphatic carbocycles. The molecule has 0 spiro atoms. The molecule has 0 unspecified atom stereocenters. The fourth-order valence-corrected chi connectivity index (χ4v) is 5.07. The van der Waals surface area contributed by atoms with Crippen LogP contribution in [0.25, 0.3) is 5.69 Å². The summed E-state index contributed by atoms with van der Waals surface area (Å²) in [6.45, 7) is 2.19. The second-order valence-corrected chi connectivity index (χ2v) is 9.40. The minimum absolute atomic E-state index is 0.0564. The van der Waals surface area contributed by atoms with Crippen LogP contribution in [0.1, 0.15) is 32.2 Å². The van der Waals surface area contributed by atoms with E-state index in [1.54, 1.807) is 36.2 Å². The molecule has 3 heterocycles. The lowest BCUT2D eigenvalue weighted by Crippen LogP contribution is -2.32. The summed E-state index contributed by atoms with van der Waals surface area (Å²) in [7, 11) is 1.77. The van der Waals surface area contributed by atoms with E-state index in [9.17, 15) is 13.6 Å². The Morgan fingerprint density at radius 3 is 2.62 bits per heavy atom. The largest absolute Gasteiger partial charge is 0.335 e. The zero-order valence-electron chi connectivity index (χ0n) is 18.7. The fraction of sp³-hybridized carbons (Fsp3) is 0.231. The Bertz CT molecular complexity index is 1300. The van der Waals surface area contributed by atoms with Crippen LogP contribution >= 0.6 is 11.3 Å². The van der Waals surface area contributed by atoms with Crippen molar-refractivity contribution >= 4 is 17.2 Å². The second kappa shape index (κ2) is 9.48.